The molecule has 96 valence electrons. The molecule has 1 unspecified atom stereocenters. The summed E-state index contributed by atoms with van der Waals surface area (Å²) in [5.41, 5.74) is 0. The minimum Gasteiger partial charge on any atom is -0.469 e. The number of carbonyl (C=O) groups excluding carboxylic acids is 1. The maximum Gasteiger partial charge on any atom is 0.287 e. The van der Waals surface area contributed by atoms with E-state index in [0.29, 0.717) is 10.4 Å². The van der Waals surface area contributed by atoms with Crippen molar-refractivity contribution >= 4 is 21.8 Å². The number of aryl methyl sites for hydroxylation is 1. The highest BCUT2D eigenvalue weighted by molar-refractivity contribution is 9.10. The Labute approximate surface area is 113 Å². The second-order valence-electron chi connectivity index (χ2n) is 4.10. The molecule has 0 aromatic carbocycles. The standard InChI is InChI=1S/C13H14BrNO3/c1-9(4-5-10-3-2-8-17-10)15-13(16)11-6-7-12(14)18-11/h2-3,6-9H,4-5H2,1H3,(H,15,16). The summed E-state index contributed by atoms with van der Waals surface area (Å²) in [7, 11) is 0. The van der Waals surface area contributed by atoms with Crippen LogP contribution in [-0.2, 0) is 6.42 Å². The summed E-state index contributed by atoms with van der Waals surface area (Å²) in [6.07, 6.45) is 3.27. The van der Waals surface area contributed by atoms with E-state index in [1.807, 2.05) is 19.1 Å². The molecule has 1 atom stereocenters. The molecule has 1 amide bonds. The van der Waals surface area contributed by atoms with Crippen LogP contribution in [0.4, 0.5) is 0 Å². The number of hydrogen-bond acceptors (Lipinski definition) is 3. The van der Waals surface area contributed by atoms with E-state index in [1.165, 1.54) is 0 Å². The molecule has 0 aliphatic heterocycles. The molecule has 0 spiro atoms. The van der Waals surface area contributed by atoms with Crippen molar-refractivity contribution in [2.24, 2.45) is 0 Å². The third kappa shape index (κ3) is 3.50. The Bertz CT molecular complexity index is 504. The van der Waals surface area contributed by atoms with Crippen molar-refractivity contribution in [3.05, 3.63) is 46.7 Å². The fourth-order valence-corrected chi connectivity index (χ4v) is 1.92. The Morgan fingerprint density at radius 2 is 2.28 bits per heavy atom. The summed E-state index contributed by atoms with van der Waals surface area (Å²) in [5.74, 6) is 1.04. The largest absolute Gasteiger partial charge is 0.469 e. The minimum absolute atomic E-state index is 0.0616. The van der Waals surface area contributed by atoms with Gasteiger partial charge < -0.3 is 14.2 Å². The highest BCUT2D eigenvalue weighted by Crippen LogP contribution is 2.14. The molecule has 0 saturated carbocycles. The van der Waals surface area contributed by atoms with Gasteiger partial charge in [0.05, 0.1) is 6.26 Å². The molecule has 18 heavy (non-hydrogen) atoms. The van der Waals surface area contributed by atoms with Crippen LogP contribution in [0.2, 0.25) is 0 Å². The zero-order chi connectivity index (χ0) is 13.0. The van der Waals surface area contributed by atoms with Crippen LogP contribution in [0.15, 0.2) is 44.0 Å². The number of furan rings is 2. The smallest absolute Gasteiger partial charge is 0.287 e. The zero-order valence-electron chi connectivity index (χ0n) is 9.98. The maximum absolute atomic E-state index is 11.8. The number of halogens is 1. The van der Waals surface area contributed by atoms with Gasteiger partial charge in [0.25, 0.3) is 5.91 Å². The van der Waals surface area contributed by atoms with Gasteiger partial charge >= 0.3 is 0 Å². The molecular formula is C13H14BrNO3. The van der Waals surface area contributed by atoms with Crippen LogP contribution in [-0.4, -0.2) is 11.9 Å². The third-order valence-electron chi connectivity index (χ3n) is 2.58. The van der Waals surface area contributed by atoms with E-state index in [4.69, 9.17) is 8.83 Å². The first-order valence-electron chi connectivity index (χ1n) is 5.74. The first kappa shape index (κ1) is 13.0. The zero-order valence-corrected chi connectivity index (χ0v) is 11.6. The van der Waals surface area contributed by atoms with E-state index in [2.05, 4.69) is 21.2 Å². The number of rotatable bonds is 5. The summed E-state index contributed by atoms with van der Waals surface area (Å²) in [4.78, 5) is 11.8. The second kappa shape index (κ2) is 5.91. The number of amides is 1. The Kier molecular flexibility index (Phi) is 4.25. The van der Waals surface area contributed by atoms with Gasteiger partial charge in [-0.05, 0) is 53.5 Å². The van der Waals surface area contributed by atoms with Crippen molar-refractivity contribution in [3.63, 3.8) is 0 Å². The summed E-state index contributed by atoms with van der Waals surface area (Å²) in [6.45, 7) is 1.96. The quantitative estimate of drug-likeness (QED) is 0.921. The summed E-state index contributed by atoms with van der Waals surface area (Å²) in [6, 6.07) is 7.18. The fourth-order valence-electron chi connectivity index (χ4n) is 1.62. The highest BCUT2D eigenvalue weighted by atomic mass is 79.9. The van der Waals surface area contributed by atoms with Gasteiger partial charge in [-0.15, -0.1) is 0 Å². The Morgan fingerprint density at radius 1 is 1.44 bits per heavy atom. The molecule has 5 heteroatoms. The van der Waals surface area contributed by atoms with E-state index in [-0.39, 0.29) is 11.9 Å². The lowest BCUT2D eigenvalue weighted by atomic mass is 10.1. The van der Waals surface area contributed by atoms with Crippen LogP contribution >= 0.6 is 15.9 Å². The summed E-state index contributed by atoms with van der Waals surface area (Å²) in [5, 5.41) is 2.88. The first-order chi connectivity index (χ1) is 8.65. The van der Waals surface area contributed by atoms with Crippen LogP contribution in [0.1, 0.15) is 29.7 Å². The fraction of sp³-hybridized carbons (Fsp3) is 0.308. The first-order valence-corrected chi connectivity index (χ1v) is 6.53. The molecule has 2 aromatic heterocycles. The molecule has 0 radical (unpaired) electrons. The van der Waals surface area contributed by atoms with Gasteiger partial charge in [0.1, 0.15) is 5.76 Å². The predicted molar refractivity (Wildman–Crippen MR) is 70.4 cm³/mol. The van der Waals surface area contributed by atoms with Crippen molar-refractivity contribution in [1.29, 1.82) is 0 Å². The molecule has 1 N–H and O–H groups in total. The van der Waals surface area contributed by atoms with Gasteiger partial charge in [-0.2, -0.15) is 0 Å². The van der Waals surface area contributed by atoms with Gasteiger partial charge in [-0.3, -0.25) is 4.79 Å². The summed E-state index contributed by atoms with van der Waals surface area (Å²) < 4.78 is 11.0. The molecule has 4 nitrogen and oxygen atoms in total. The Morgan fingerprint density at radius 3 is 2.89 bits per heavy atom. The van der Waals surface area contributed by atoms with Crippen LogP contribution in [0, 0.1) is 0 Å². The van der Waals surface area contributed by atoms with Gasteiger partial charge in [0, 0.05) is 12.5 Å². The van der Waals surface area contributed by atoms with Gasteiger partial charge in [0.15, 0.2) is 10.4 Å². The number of carbonyl (C=O) groups is 1. The third-order valence-corrected chi connectivity index (χ3v) is 3.00. The van der Waals surface area contributed by atoms with Gasteiger partial charge in [-0.25, -0.2) is 0 Å². The van der Waals surface area contributed by atoms with Crippen LogP contribution in [0.3, 0.4) is 0 Å². The monoisotopic (exact) mass is 311 g/mol. The average molecular weight is 312 g/mol. The lowest BCUT2D eigenvalue weighted by molar-refractivity contribution is 0.0909. The molecule has 2 rings (SSSR count). The minimum atomic E-state index is -0.201. The molecule has 0 aliphatic carbocycles. The molecule has 2 heterocycles. The van der Waals surface area contributed by atoms with Crippen LogP contribution in [0.25, 0.3) is 0 Å². The Hall–Kier alpha value is -1.49. The lowest BCUT2D eigenvalue weighted by Crippen LogP contribution is -2.32. The Balaban J connectivity index is 1.80. The molecule has 0 aliphatic rings. The number of nitrogens with one attached hydrogen (secondary N) is 1. The van der Waals surface area contributed by atoms with Gasteiger partial charge in [-0.1, -0.05) is 0 Å². The molecule has 0 fully saturated rings. The molecule has 0 saturated heterocycles. The van der Waals surface area contributed by atoms with E-state index in [1.54, 1.807) is 18.4 Å². The summed E-state index contributed by atoms with van der Waals surface area (Å²) >= 11 is 3.16. The molecule has 0 bridgehead atoms. The SMILES string of the molecule is CC(CCc1ccco1)NC(=O)c1ccc(Br)o1. The normalized spacial score (nSPS) is 12.3. The van der Waals surface area contributed by atoms with E-state index < -0.39 is 0 Å². The van der Waals surface area contributed by atoms with Crippen molar-refractivity contribution in [2.45, 2.75) is 25.8 Å². The van der Waals surface area contributed by atoms with Gasteiger partial charge in [0.2, 0.25) is 0 Å². The topological polar surface area (TPSA) is 55.4 Å². The van der Waals surface area contributed by atoms with Crippen molar-refractivity contribution < 1.29 is 13.6 Å². The molecule has 2 aromatic rings. The lowest BCUT2D eigenvalue weighted by Gasteiger charge is -2.11. The van der Waals surface area contributed by atoms with Crippen molar-refractivity contribution in [3.8, 4) is 0 Å². The predicted octanol–water partition coefficient (Wildman–Crippen LogP) is 3.39. The van der Waals surface area contributed by atoms with E-state index in [0.717, 1.165) is 18.6 Å². The highest BCUT2D eigenvalue weighted by Gasteiger charge is 2.13. The number of hydrogen-bond donors (Lipinski definition) is 1. The van der Waals surface area contributed by atoms with Crippen LogP contribution in [0.5, 0.6) is 0 Å². The second-order valence-corrected chi connectivity index (χ2v) is 4.88. The maximum atomic E-state index is 11.8. The molecular weight excluding hydrogens is 298 g/mol. The van der Waals surface area contributed by atoms with E-state index in [9.17, 15) is 4.79 Å². The van der Waals surface area contributed by atoms with Crippen molar-refractivity contribution in [2.75, 3.05) is 0 Å². The average Bonchev–Trinajstić information content (AvgIpc) is 2.97. The van der Waals surface area contributed by atoms with Crippen molar-refractivity contribution in [1.82, 2.24) is 5.32 Å². The van der Waals surface area contributed by atoms with Crippen LogP contribution < -0.4 is 5.32 Å². The van der Waals surface area contributed by atoms with E-state index >= 15 is 0 Å².